The van der Waals surface area contributed by atoms with Crippen molar-refractivity contribution in [1.29, 1.82) is 5.26 Å². The Balaban J connectivity index is 2.12. The van der Waals surface area contributed by atoms with Gasteiger partial charge in [-0.1, -0.05) is 48.0 Å². The van der Waals surface area contributed by atoms with E-state index < -0.39 is 22.9 Å². The molecule has 1 heterocycles. The Hall–Kier alpha value is -1.57. The lowest BCUT2D eigenvalue weighted by Gasteiger charge is -2.43. The van der Waals surface area contributed by atoms with Crippen molar-refractivity contribution in [2.45, 2.75) is 80.3 Å². The van der Waals surface area contributed by atoms with Gasteiger partial charge in [0, 0.05) is 5.92 Å². The topological polar surface area (TPSA) is 76.4 Å². The fourth-order valence-electron chi connectivity index (χ4n) is 4.47. The number of fused-ring (bicyclic) bond motifs is 1. The molecule has 0 bridgehead atoms. The van der Waals surface area contributed by atoms with Gasteiger partial charge in [0.15, 0.2) is 5.41 Å². The highest BCUT2D eigenvalue weighted by Crippen LogP contribution is 2.52. The minimum Gasteiger partial charge on any atom is -0.461 e. The summed E-state index contributed by atoms with van der Waals surface area (Å²) in [5, 5.41) is 9.50. The predicted octanol–water partition coefficient (Wildman–Crippen LogP) is 4.25. The van der Waals surface area contributed by atoms with Gasteiger partial charge < -0.3 is 9.47 Å². The summed E-state index contributed by atoms with van der Waals surface area (Å²) in [4.78, 5) is 25.3. The van der Waals surface area contributed by atoms with Crippen LogP contribution in [0.2, 0.25) is 0 Å². The molecule has 146 valence electrons. The molecule has 2 aliphatic rings. The highest BCUT2D eigenvalue weighted by molar-refractivity contribution is 5.83. The molecule has 0 spiro atoms. The van der Waals surface area contributed by atoms with Gasteiger partial charge in [-0.25, -0.2) is 0 Å². The molecule has 0 aromatic rings. The van der Waals surface area contributed by atoms with Gasteiger partial charge in [0.25, 0.3) is 0 Å². The van der Waals surface area contributed by atoms with Crippen LogP contribution >= 0.6 is 0 Å². The van der Waals surface area contributed by atoms with Gasteiger partial charge in [0.2, 0.25) is 0 Å². The third kappa shape index (κ3) is 3.48. The summed E-state index contributed by atoms with van der Waals surface area (Å²) < 4.78 is 11.1. The third-order valence-corrected chi connectivity index (χ3v) is 6.36. The summed E-state index contributed by atoms with van der Waals surface area (Å²) >= 11 is 0. The van der Waals surface area contributed by atoms with E-state index >= 15 is 0 Å². The molecule has 1 aliphatic heterocycles. The van der Waals surface area contributed by atoms with E-state index in [2.05, 4.69) is 26.8 Å². The predicted molar refractivity (Wildman–Crippen MR) is 97.9 cm³/mol. The molecular weight excluding hydrogens is 330 g/mol. The van der Waals surface area contributed by atoms with Crippen molar-refractivity contribution in [2.75, 3.05) is 6.61 Å². The van der Waals surface area contributed by atoms with E-state index in [0.717, 1.165) is 12.8 Å². The number of carbonyl (C=O) groups is 2. The van der Waals surface area contributed by atoms with E-state index in [0.29, 0.717) is 12.8 Å². The number of hydrogen-bond acceptors (Lipinski definition) is 5. The van der Waals surface area contributed by atoms with Gasteiger partial charge in [0.1, 0.15) is 12.7 Å². The summed E-state index contributed by atoms with van der Waals surface area (Å²) in [5.41, 5.74) is -1.98. The van der Waals surface area contributed by atoms with Crippen LogP contribution in [0.5, 0.6) is 0 Å². The van der Waals surface area contributed by atoms with Crippen LogP contribution in [0.1, 0.15) is 74.1 Å². The normalized spacial score (nSPS) is 30.9. The summed E-state index contributed by atoms with van der Waals surface area (Å²) in [7, 11) is 0. The maximum absolute atomic E-state index is 13.0. The molecule has 5 nitrogen and oxygen atoms in total. The molecule has 1 saturated carbocycles. The van der Waals surface area contributed by atoms with Crippen LogP contribution in [0.4, 0.5) is 0 Å². The summed E-state index contributed by atoms with van der Waals surface area (Å²) in [6, 6.07) is 2.18. The first kappa shape index (κ1) is 20.7. The number of cyclic esters (lactones) is 1. The second-order valence-corrected chi connectivity index (χ2v) is 10.4. The molecule has 0 radical (unpaired) electrons. The number of rotatable bonds is 4. The van der Waals surface area contributed by atoms with E-state index in [1.807, 2.05) is 27.7 Å². The second kappa shape index (κ2) is 6.55. The fraction of sp³-hybridized carbons (Fsp3) is 0.857. The van der Waals surface area contributed by atoms with E-state index in [1.165, 1.54) is 0 Å². The SMILES string of the molecule is CC(C)(C)CC(C)(C(=O)OC[C@@H]1OC(=O)C2(C#N)CCCC12)C(C)(C)C. The number of ether oxygens (including phenoxy) is 2. The second-order valence-electron chi connectivity index (χ2n) is 10.4. The summed E-state index contributed by atoms with van der Waals surface area (Å²) in [5.74, 6) is -0.878. The largest absolute Gasteiger partial charge is 0.461 e. The van der Waals surface area contributed by atoms with E-state index in [-0.39, 0.29) is 29.3 Å². The smallest absolute Gasteiger partial charge is 0.327 e. The van der Waals surface area contributed by atoms with Gasteiger partial charge in [-0.05, 0) is 37.0 Å². The zero-order chi connectivity index (χ0) is 20.0. The van der Waals surface area contributed by atoms with E-state index in [1.54, 1.807) is 0 Å². The first-order valence-corrected chi connectivity index (χ1v) is 9.56. The first-order chi connectivity index (χ1) is 11.8. The van der Waals surface area contributed by atoms with Gasteiger partial charge in [-0.3, -0.25) is 9.59 Å². The Bertz CT molecular complexity index is 621. The minimum absolute atomic E-state index is 0.0255. The molecule has 1 aliphatic carbocycles. The molecule has 2 rings (SSSR count). The van der Waals surface area contributed by atoms with Crippen molar-refractivity contribution < 1.29 is 19.1 Å². The zero-order valence-corrected chi connectivity index (χ0v) is 17.3. The Morgan fingerprint density at radius 1 is 1.27 bits per heavy atom. The fourth-order valence-corrected chi connectivity index (χ4v) is 4.47. The lowest BCUT2D eigenvalue weighted by Crippen LogP contribution is -2.45. The molecular formula is C21H33NO4. The number of nitriles is 1. The van der Waals surface area contributed by atoms with Crippen molar-refractivity contribution in [1.82, 2.24) is 0 Å². The zero-order valence-electron chi connectivity index (χ0n) is 17.3. The van der Waals surface area contributed by atoms with Crippen LogP contribution < -0.4 is 0 Å². The highest BCUT2D eigenvalue weighted by Gasteiger charge is 2.61. The number of esters is 2. The third-order valence-electron chi connectivity index (χ3n) is 6.36. The molecule has 1 saturated heterocycles. The van der Waals surface area contributed by atoms with Crippen LogP contribution in [0, 0.1) is 38.9 Å². The van der Waals surface area contributed by atoms with Crippen LogP contribution in [0.25, 0.3) is 0 Å². The molecule has 0 aromatic carbocycles. The van der Waals surface area contributed by atoms with Crippen molar-refractivity contribution in [3.8, 4) is 6.07 Å². The molecule has 0 aromatic heterocycles. The first-order valence-electron chi connectivity index (χ1n) is 9.56. The Morgan fingerprint density at radius 3 is 2.38 bits per heavy atom. The maximum atomic E-state index is 13.0. The van der Waals surface area contributed by atoms with Crippen molar-refractivity contribution in [3.63, 3.8) is 0 Å². The molecule has 4 atom stereocenters. The van der Waals surface area contributed by atoms with Gasteiger partial charge in [-0.15, -0.1) is 0 Å². The van der Waals surface area contributed by atoms with E-state index in [9.17, 15) is 14.9 Å². The Labute approximate surface area is 157 Å². The molecule has 5 heteroatoms. The quantitative estimate of drug-likeness (QED) is 0.698. The standard InChI is InChI=1S/C21H33NO4/c1-18(2,3)12-20(7,19(4,5)6)16(23)25-11-15-14-9-8-10-21(14,13-22)17(24)26-15/h14-15H,8-12H2,1-7H3/t14?,15-,20?,21?/m0/s1. The Morgan fingerprint density at radius 2 is 1.88 bits per heavy atom. The number of hydrogen-bond donors (Lipinski definition) is 0. The van der Waals surface area contributed by atoms with Crippen LogP contribution in [-0.2, 0) is 19.1 Å². The van der Waals surface area contributed by atoms with Crippen molar-refractivity contribution in [2.24, 2.45) is 27.6 Å². The van der Waals surface area contributed by atoms with Crippen molar-refractivity contribution >= 4 is 11.9 Å². The average Bonchev–Trinajstić information content (AvgIpc) is 3.02. The lowest BCUT2D eigenvalue weighted by atomic mass is 9.61. The average molecular weight is 363 g/mol. The van der Waals surface area contributed by atoms with Gasteiger partial charge >= 0.3 is 11.9 Å². The van der Waals surface area contributed by atoms with Crippen LogP contribution in [-0.4, -0.2) is 24.6 Å². The van der Waals surface area contributed by atoms with Crippen molar-refractivity contribution in [3.05, 3.63) is 0 Å². The summed E-state index contributed by atoms with van der Waals surface area (Å²) in [6.07, 6.45) is 2.33. The van der Waals surface area contributed by atoms with Crippen LogP contribution in [0.3, 0.4) is 0 Å². The Kier molecular flexibility index (Phi) is 5.22. The van der Waals surface area contributed by atoms with Crippen LogP contribution in [0.15, 0.2) is 0 Å². The molecule has 3 unspecified atom stereocenters. The summed E-state index contributed by atoms with van der Waals surface area (Å²) in [6.45, 7) is 14.5. The number of nitrogens with zero attached hydrogens (tertiary/aromatic N) is 1. The monoisotopic (exact) mass is 363 g/mol. The van der Waals surface area contributed by atoms with Gasteiger partial charge in [-0.2, -0.15) is 5.26 Å². The highest BCUT2D eigenvalue weighted by atomic mass is 16.6. The molecule has 0 N–H and O–H groups in total. The molecule has 0 amide bonds. The number of carbonyl (C=O) groups excluding carboxylic acids is 2. The maximum Gasteiger partial charge on any atom is 0.327 e. The molecule has 2 fully saturated rings. The van der Waals surface area contributed by atoms with E-state index in [4.69, 9.17) is 9.47 Å². The van der Waals surface area contributed by atoms with Gasteiger partial charge in [0.05, 0.1) is 11.5 Å². The molecule has 26 heavy (non-hydrogen) atoms. The lowest BCUT2D eigenvalue weighted by molar-refractivity contribution is -0.170. The minimum atomic E-state index is -1.03.